The van der Waals surface area contributed by atoms with Crippen LogP contribution in [0.4, 0.5) is 0 Å². The van der Waals surface area contributed by atoms with Crippen molar-refractivity contribution in [2.75, 3.05) is 40.8 Å². The third-order valence-electron chi connectivity index (χ3n) is 2.63. The first-order chi connectivity index (χ1) is 9.84. The molecule has 0 radical (unpaired) electrons. The van der Waals surface area contributed by atoms with Crippen LogP contribution in [0.2, 0.25) is 0 Å². The van der Waals surface area contributed by atoms with E-state index in [-0.39, 0.29) is 19.0 Å². The molecule has 1 heterocycles. The maximum atomic E-state index is 12.1. The van der Waals surface area contributed by atoms with E-state index in [0.717, 1.165) is 0 Å². The van der Waals surface area contributed by atoms with E-state index in [0.29, 0.717) is 10.8 Å². The third-order valence-corrected chi connectivity index (χ3v) is 5.86. The highest BCUT2D eigenvalue weighted by Crippen LogP contribution is 2.19. The molecule has 118 valence electrons. The minimum absolute atomic E-state index is 0.223. The molecule has 6 nitrogen and oxygen atoms in total. The third kappa shape index (κ3) is 5.96. The van der Waals surface area contributed by atoms with Crippen LogP contribution in [0.25, 0.3) is 0 Å². The SMILES string of the molecule is CN(C)C/C=C/C(=O)NCCN(C)S(=O)(=O)c1cccs1. The molecule has 0 saturated heterocycles. The molecule has 1 aromatic rings. The summed E-state index contributed by atoms with van der Waals surface area (Å²) in [5.74, 6) is -0.223. The number of likely N-dealkylation sites (N-methyl/N-ethyl adjacent to an activating group) is 2. The van der Waals surface area contributed by atoms with Crippen molar-refractivity contribution in [1.82, 2.24) is 14.5 Å². The quantitative estimate of drug-likeness (QED) is 0.708. The molecule has 0 aromatic carbocycles. The minimum Gasteiger partial charge on any atom is -0.351 e. The molecular formula is C13H21N3O3S2. The van der Waals surface area contributed by atoms with Gasteiger partial charge in [-0.2, -0.15) is 4.31 Å². The van der Waals surface area contributed by atoms with Crippen molar-refractivity contribution in [2.45, 2.75) is 4.21 Å². The summed E-state index contributed by atoms with van der Waals surface area (Å²) in [5, 5.41) is 4.38. The van der Waals surface area contributed by atoms with Crippen molar-refractivity contribution in [1.29, 1.82) is 0 Å². The molecule has 0 unspecified atom stereocenters. The first kappa shape index (κ1) is 17.8. The van der Waals surface area contributed by atoms with Crippen LogP contribution >= 0.6 is 11.3 Å². The van der Waals surface area contributed by atoms with Gasteiger partial charge in [0.25, 0.3) is 10.0 Å². The number of nitrogens with one attached hydrogen (secondary N) is 1. The van der Waals surface area contributed by atoms with E-state index in [1.54, 1.807) is 23.6 Å². The van der Waals surface area contributed by atoms with Crippen LogP contribution in [0, 0.1) is 0 Å². The lowest BCUT2D eigenvalue weighted by atomic mass is 10.4. The van der Waals surface area contributed by atoms with E-state index in [1.165, 1.54) is 28.8 Å². The molecule has 0 spiro atoms. The molecule has 1 aromatic heterocycles. The Kier molecular flexibility index (Phi) is 7.03. The van der Waals surface area contributed by atoms with Gasteiger partial charge >= 0.3 is 0 Å². The number of carbonyl (C=O) groups excluding carboxylic acids is 1. The highest BCUT2D eigenvalue weighted by Gasteiger charge is 2.21. The predicted molar refractivity (Wildman–Crippen MR) is 84.8 cm³/mol. The summed E-state index contributed by atoms with van der Waals surface area (Å²) >= 11 is 1.18. The van der Waals surface area contributed by atoms with Gasteiger partial charge in [-0.05, 0) is 25.5 Å². The summed E-state index contributed by atoms with van der Waals surface area (Å²) in [4.78, 5) is 13.4. The number of hydrogen-bond acceptors (Lipinski definition) is 5. The van der Waals surface area contributed by atoms with Crippen LogP contribution in [-0.2, 0) is 14.8 Å². The van der Waals surface area contributed by atoms with Crippen molar-refractivity contribution in [2.24, 2.45) is 0 Å². The van der Waals surface area contributed by atoms with Crippen LogP contribution < -0.4 is 5.32 Å². The van der Waals surface area contributed by atoms with Gasteiger partial charge in [-0.1, -0.05) is 12.1 Å². The van der Waals surface area contributed by atoms with E-state index >= 15 is 0 Å². The van der Waals surface area contributed by atoms with Crippen molar-refractivity contribution in [3.8, 4) is 0 Å². The number of sulfonamides is 1. The monoisotopic (exact) mass is 331 g/mol. The average molecular weight is 331 g/mol. The number of nitrogens with zero attached hydrogens (tertiary/aromatic N) is 2. The Bertz CT molecular complexity index is 565. The molecule has 0 aliphatic heterocycles. The highest BCUT2D eigenvalue weighted by molar-refractivity contribution is 7.91. The van der Waals surface area contributed by atoms with Crippen LogP contribution in [0.1, 0.15) is 0 Å². The van der Waals surface area contributed by atoms with Gasteiger partial charge in [0, 0.05) is 32.8 Å². The van der Waals surface area contributed by atoms with Crippen LogP contribution in [-0.4, -0.2) is 64.3 Å². The van der Waals surface area contributed by atoms with E-state index in [1.807, 2.05) is 19.0 Å². The minimum atomic E-state index is -3.45. The zero-order valence-electron chi connectivity index (χ0n) is 12.4. The maximum absolute atomic E-state index is 12.1. The van der Waals surface area contributed by atoms with Crippen LogP contribution in [0.15, 0.2) is 33.9 Å². The van der Waals surface area contributed by atoms with Gasteiger partial charge < -0.3 is 10.2 Å². The van der Waals surface area contributed by atoms with Gasteiger partial charge in [-0.25, -0.2) is 8.42 Å². The lowest BCUT2D eigenvalue weighted by Gasteiger charge is -2.15. The molecular weight excluding hydrogens is 310 g/mol. The lowest BCUT2D eigenvalue weighted by molar-refractivity contribution is -0.116. The zero-order valence-corrected chi connectivity index (χ0v) is 14.1. The van der Waals surface area contributed by atoms with Gasteiger partial charge in [0.05, 0.1) is 0 Å². The van der Waals surface area contributed by atoms with Gasteiger partial charge in [-0.3, -0.25) is 4.79 Å². The maximum Gasteiger partial charge on any atom is 0.252 e. The number of rotatable bonds is 8. The first-order valence-electron chi connectivity index (χ1n) is 6.43. The van der Waals surface area contributed by atoms with Gasteiger partial charge in [0.2, 0.25) is 5.91 Å². The van der Waals surface area contributed by atoms with Gasteiger partial charge in [-0.15, -0.1) is 11.3 Å². The van der Waals surface area contributed by atoms with Gasteiger partial charge in [0.15, 0.2) is 0 Å². The van der Waals surface area contributed by atoms with E-state index in [9.17, 15) is 13.2 Å². The molecule has 8 heteroatoms. The van der Waals surface area contributed by atoms with Crippen molar-refractivity contribution >= 4 is 27.3 Å². The number of carbonyl (C=O) groups is 1. The highest BCUT2D eigenvalue weighted by atomic mass is 32.2. The fourth-order valence-corrected chi connectivity index (χ4v) is 3.82. The Hall–Kier alpha value is -1.22. The van der Waals surface area contributed by atoms with Crippen molar-refractivity contribution < 1.29 is 13.2 Å². The normalized spacial score (nSPS) is 12.4. The largest absolute Gasteiger partial charge is 0.351 e. The Morgan fingerprint density at radius 2 is 2.10 bits per heavy atom. The molecule has 0 aliphatic rings. The lowest BCUT2D eigenvalue weighted by Crippen LogP contribution is -2.35. The zero-order chi connectivity index (χ0) is 15.9. The summed E-state index contributed by atoms with van der Waals surface area (Å²) < 4.78 is 25.8. The molecule has 0 atom stereocenters. The van der Waals surface area contributed by atoms with E-state index < -0.39 is 10.0 Å². The second-order valence-electron chi connectivity index (χ2n) is 4.71. The molecule has 1 amide bonds. The van der Waals surface area contributed by atoms with Crippen molar-refractivity contribution in [3.05, 3.63) is 29.7 Å². The molecule has 0 bridgehead atoms. The molecule has 0 fully saturated rings. The fourth-order valence-electron chi connectivity index (χ4n) is 1.45. The average Bonchev–Trinajstić information content (AvgIpc) is 2.92. The summed E-state index contributed by atoms with van der Waals surface area (Å²) in [6, 6.07) is 3.27. The predicted octanol–water partition coefficient (Wildman–Crippen LogP) is 0.603. The Balaban J connectivity index is 2.39. The van der Waals surface area contributed by atoms with E-state index in [2.05, 4.69) is 5.32 Å². The summed E-state index contributed by atoms with van der Waals surface area (Å²) in [7, 11) is 1.88. The number of thiophene rings is 1. The Morgan fingerprint density at radius 1 is 1.38 bits per heavy atom. The molecule has 1 rings (SSSR count). The smallest absolute Gasteiger partial charge is 0.252 e. The Morgan fingerprint density at radius 3 is 2.67 bits per heavy atom. The molecule has 0 aliphatic carbocycles. The fraction of sp³-hybridized carbons (Fsp3) is 0.462. The van der Waals surface area contributed by atoms with E-state index in [4.69, 9.17) is 0 Å². The summed E-state index contributed by atoms with van der Waals surface area (Å²) in [5.41, 5.74) is 0. The molecule has 0 saturated carbocycles. The second kappa shape index (κ2) is 8.28. The summed E-state index contributed by atoms with van der Waals surface area (Å²) in [6.07, 6.45) is 3.20. The second-order valence-corrected chi connectivity index (χ2v) is 7.93. The number of amides is 1. The first-order valence-corrected chi connectivity index (χ1v) is 8.75. The Labute approximate surface area is 130 Å². The van der Waals surface area contributed by atoms with Crippen molar-refractivity contribution in [3.63, 3.8) is 0 Å². The van der Waals surface area contributed by atoms with Crippen LogP contribution in [0.5, 0.6) is 0 Å². The summed E-state index contributed by atoms with van der Waals surface area (Å²) in [6.45, 7) is 1.18. The standard InChI is InChI=1S/C13H21N3O3S2/c1-15(2)9-4-6-12(17)14-8-10-16(3)21(18,19)13-7-5-11-20-13/h4-7,11H,8-10H2,1-3H3,(H,14,17)/b6-4+. The molecule has 1 N–H and O–H groups in total. The van der Waals surface area contributed by atoms with Gasteiger partial charge in [0.1, 0.15) is 4.21 Å². The molecule has 21 heavy (non-hydrogen) atoms. The number of hydrogen-bond donors (Lipinski definition) is 1. The topological polar surface area (TPSA) is 69.7 Å². The van der Waals surface area contributed by atoms with Crippen LogP contribution in [0.3, 0.4) is 0 Å².